The van der Waals surface area contributed by atoms with Crippen LogP contribution in [0.25, 0.3) is 11.0 Å². The van der Waals surface area contributed by atoms with E-state index in [1.807, 2.05) is 0 Å². The molecule has 96 valence electrons. The van der Waals surface area contributed by atoms with Gasteiger partial charge in [0.05, 0.1) is 24.2 Å². The van der Waals surface area contributed by atoms with Gasteiger partial charge in [0.25, 0.3) is 0 Å². The highest BCUT2D eigenvalue weighted by molar-refractivity contribution is 7.89. The van der Waals surface area contributed by atoms with Crippen molar-refractivity contribution < 1.29 is 18.3 Å². The quantitative estimate of drug-likeness (QED) is 0.718. The number of sulfonamides is 1. The van der Waals surface area contributed by atoms with E-state index in [4.69, 9.17) is 0 Å². The average Bonchev–Trinajstić information content (AvgIpc) is 2.75. The lowest BCUT2D eigenvalue weighted by molar-refractivity contribution is -0.305. The van der Waals surface area contributed by atoms with Crippen LogP contribution in [0, 0.1) is 0 Å². The molecule has 0 bridgehead atoms. The summed E-state index contributed by atoms with van der Waals surface area (Å²) in [5, 5.41) is 10.5. The molecule has 0 fully saturated rings. The van der Waals surface area contributed by atoms with Crippen LogP contribution < -0.4 is 5.11 Å². The third-order valence-electron chi connectivity index (χ3n) is 2.29. The zero-order chi connectivity index (χ0) is 13.3. The normalized spacial score (nSPS) is 12.1. The number of fused-ring (bicyclic) bond motifs is 1. The molecule has 0 atom stereocenters. The van der Waals surface area contributed by atoms with Crippen LogP contribution in [-0.4, -0.2) is 41.0 Å². The van der Waals surface area contributed by atoms with Crippen molar-refractivity contribution in [2.45, 2.75) is 4.90 Å². The summed E-state index contributed by atoms with van der Waals surface area (Å²) in [4.78, 5) is 10.4. The highest BCUT2D eigenvalue weighted by atomic mass is 32.2. The predicted molar refractivity (Wildman–Crippen MR) is 62.2 cm³/mol. The second-order valence-corrected chi connectivity index (χ2v) is 6.06. The van der Waals surface area contributed by atoms with Crippen molar-refractivity contribution in [1.29, 1.82) is 0 Å². The van der Waals surface area contributed by atoms with Crippen LogP contribution in [0.3, 0.4) is 0 Å². The molecular formula is C9H8N3O4S2-. The first-order chi connectivity index (χ1) is 8.43. The monoisotopic (exact) mass is 286 g/mol. The molecule has 0 saturated heterocycles. The Labute approximate surface area is 107 Å². The van der Waals surface area contributed by atoms with Gasteiger partial charge in [-0.15, -0.1) is 0 Å². The number of hydrogen-bond donors (Lipinski definition) is 0. The van der Waals surface area contributed by atoms with Gasteiger partial charge in [-0.3, -0.25) is 0 Å². The van der Waals surface area contributed by atoms with Gasteiger partial charge in [0.1, 0.15) is 15.9 Å². The molecule has 1 heterocycles. The van der Waals surface area contributed by atoms with Crippen LogP contribution in [-0.2, 0) is 14.8 Å². The summed E-state index contributed by atoms with van der Waals surface area (Å²) in [7, 11) is -2.74. The number of carboxylic acids is 1. The van der Waals surface area contributed by atoms with E-state index in [-0.39, 0.29) is 10.4 Å². The molecule has 0 spiro atoms. The number of carboxylic acid groups (broad SMARTS) is 1. The second kappa shape index (κ2) is 4.59. The molecule has 9 heteroatoms. The maximum Gasteiger partial charge on any atom is 0.245 e. The first kappa shape index (κ1) is 12.9. The fourth-order valence-electron chi connectivity index (χ4n) is 1.42. The molecule has 0 aliphatic rings. The molecular weight excluding hydrogens is 278 g/mol. The molecule has 7 nitrogen and oxygen atoms in total. The van der Waals surface area contributed by atoms with Crippen LogP contribution in [0.1, 0.15) is 0 Å². The Morgan fingerprint density at radius 1 is 1.44 bits per heavy atom. The predicted octanol–water partition coefficient (Wildman–Crippen LogP) is -0.938. The van der Waals surface area contributed by atoms with Crippen molar-refractivity contribution >= 4 is 38.8 Å². The Kier molecular flexibility index (Phi) is 3.28. The van der Waals surface area contributed by atoms with E-state index < -0.39 is 22.5 Å². The number of nitrogens with zero attached hydrogens (tertiary/aromatic N) is 3. The number of benzene rings is 1. The number of hydrogen-bond acceptors (Lipinski definition) is 7. The largest absolute Gasteiger partial charge is 0.549 e. The molecule has 0 aliphatic carbocycles. The highest BCUT2D eigenvalue weighted by Crippen LogP contribution is 2.23. The highest BCUT2D eigenvalue weighted by Gasteiger charge is 2.24. The molecule has 0 N–H and O–H groups in total. The van der Waals surface area contributed by atoms with E-state index in [1.165, 1.54) is 19.2 Å². The zero-order valence-corrected chi connectivity index (χ0v) is 10.9. The van der Waals surface area contributed by atoms with Crippen molar-refractivity contribution in [2.24, 2.45) is 0 Å². The molecule has 0 saturated carbocycles. The fourth-order valence-corrected chi connectivity index (χ4v) is 3.29. The summed E-state index contributed by atoms with van der Waals surface area (Å²) in [6.45, 7) is -0.712. The molecule has 2 rings (SSSR count). The lowest BCUT2D eigenvalue weighted by Crippen LogP contribution is -2.39. The van der Waals surface area contributed by atoms with Gasteiger partial charge in [0.2, 0.25) is 10.0 Å². The lowest BCUT2D eigenvalue weighted by Gasteiger charge is -2.17. The van der Waals surface area contributed by atoms with Crippen molar-refractivity contribution in [2.75, 3.05) is 13.6 Å². The van der Waals surface area contributed by atoms with Gasteiger partial charge >= 0.3 is 0 Å². The van der Waals surface area contributed by atoms with E-state index >= 15 is 0 Å². The summed E-state index contributed by atoms with van der Waals surface area (Å²) < 4.78 is 32.8. The number of carbonyl (C=O) groups excluding carboxylic acids is 1. The minimum Gasteiger partial charge on any atom is -0.549 e. The van der Waals surface area contributed by atoms with Crippen LogP contribution in [0.4, 0.5) is 0 Å². The van der Waals surface area contributed by atoms with Crippen molar-refractivity contribution in [3.63, 3.8) is 0 Å². The van der Waals surface area contributed by atoms with Crippen molar-refractivity contribution in [3.05, 3.63) is 18.2 Å². The van der Waals surface area contributed by atoms with E-state index in [2.05, 4.69) is 8.75 Å². The summed E-state index contributed by atoms with van der Waals surface area (Å²) in [6, 6.07) is 4.53. The van der Waals surface area contributed by atoms with Crippen LogP contribution in [0.15, 0.2) is 23.1 Å². The van der Waals surface area contributed by atoms with Crippen LogP contribution >= 0.6 is 11.7 Å². The molecule has 0 radical (unpaired) electrons. The first-order valence-electron chi connectivity index (χ1n) is 4.80. The van der Waals surface area contributed by atoms with E-state index in [0.29, 0.717) is 9.82 Å². The molecule has 0 aliphatic heterocycles. The summed E-state index contributed by atoms with van der Waals surface area (Å²) in [5.41, 5.74) is 0.704. The SMILES string of the molecule is CN(CC(=O)[O-])S(=O)(=O)c1cccc2nsnc12. The standard InChI is InChI=1S/C9H9N3O4S2/c1-12(5-8(13)14)18(15,16)7-4-2-3-6-9(7)11-17-10-6/h2-4H,5H2,1H3,(H,13,14)/p-1. The summed E-state index contributed by atoms with van der Waals surface area (Å²) in [6.07, 6.45) is 0. The third kappa shape index (κ3) is 2.19. The third-order valence-corrected chi connectivity index (χ3v) is 4.67. The number of rotatable bonds is 4. The van der Waals surface area contributed by atoms with E-state index in [9.17, 15) is 18.3 Å². The minimum atomic E-state index is -3.91. The average molecular weight is 286 g/mol. The van der Waals surface area contributed by atoms with E-state index in [0.717, 1.165) is 11.7 Å². The van der Waals surface area contributed by atoms with Crippen molar-refractivity contribution in [1.82, 2.24) is 13.1 Å². The van der Waals surface area contributed by atoms with Gasteiger partial charge in [-0.05, 0) is 12.1 Å². The summed E-state index contributed by atoms with van der Waals surface area (Å²) in [5.74, 6) is -1.47. The molecule has 1 aromatic heterocycles. The Hall–Kier alpha value is -1.58. The Bertz CT molecular complexity index is 695. The second-order valence-electron chi connectivity index (χ2n) is 3.52. The first-order valence-corrected chi connectivity index (χ1v) is 6.97. The van der Waals surface area contributed by atoms with Gasteiger partial charge in [-0.25, -0.2) is 8.42 Å². The molecule has 18 heavy (non-hydrogen) atoms. The number of aromatic nitrogens is 2. The van der Waals surface area contributed by atoms with Gasteiger partial charge in [0, 0.05) is 7.05 Å². The zero-order valence-electron chi connectivity index (χ0n) is 9.23. The number of aliphatic carboxylic acids is 1. The molecule has 0 unspecified atom stereocenters. The topological polar surface area (TPSA) is 103 Å². The number of likely N-dealkylation sites (N-methyl/N-ethyl adjacent to an activating group) is 1. The Morgan fingerprint density at radius 2 is 2.17 bits per heavy atom. The lowest BCUT2D eigenvalue weighted by atomic mass is 10.3. The van der Waals surface area contributed by atoms with Gasteiger partial charge in [-0.1, -0.05) is 6.07 Å². The molecule has 2 aromatic rings. The van der Waals surface area contributed by atoms with Gasteiger partial charge in [0.15, 0.2) is 0 Å². The van der Waals surface area contributed by atoms with Crippen LogP contribution in [0.5, 0.6) is 0 Å². The minimum absolute atomic E-state index is 0.0579. The Morgan fingerprint density at radius 3 is 2.83 bits per heavy atom. The smallest absolute Gasteiger partial charge is 0.245 e. The fraction of sp³-hybridized carbons (Fsp3) is 0.222. The maximum absolute atomic E-state index is 12.2. The van der Waals surface area contributed by atoms with Crippen molar-refractivity contribution in [3.8, 4) is 0 Å². The van der Waals surface area contributed by atoms with Crippen LogP contribution in [0.2, 0.25) is 0 Å². The van der Waals surface area contributed by atoms with Gasteiger partial charge < -0.3 is 9.90 Å². The molecule has 1 aromatic carbocycles. The maximum atomic E-state index is 12.2. The number of carbonyl (C=O) groups is 1. The summed E-state index contributed by atoms with van der Waals surface area (Å²) >= 11 is 0.897. The Balaban J connectivity index is 2.53. The molecule has 0 amide bonds. The van der Waals surface area contributed by atoms with Gasteiger partial charge in [-0.2, -0.15) is 13.1 Å². The van der Waals surface area contributed by atoms with E-state index in [1.54, 1.807) is 6.07 Å².